The van der Waals surface area contributed by atoms with Gasteiger partial charge in [0.25, 0.3) is 5.56 Å². The standard InChI is InChI=1S/C21H20N4O4/c1-12(13-7-5-4-6-8-13)15-11-24(2)20(26)16-17(23-21(27)28)18(29-19(15)16)14-9-22-25(3)10-14/h4-12,23H,1-3H3,(H,27,28). The van der Waals surface area contributed by atoms with Crippen LogP contribution in [0.1, 0.15) is 24.0 Å². The van der Waals surface area contributed by atoms with Crippen molar-refractivity contribution in [2.75, 3.05) is 5.32 Å². The molecular weight excluding hydrogens is 372 g/mol. The summed E-state index contributed by atoms with van der Waals surface area (Å²) >= 11 is 0. The van der Waals surface area contributed by atoms with E-state index in [4.69, 9.17) is 4.42 Å². The molecule has 8 heteroatoms. The first-order valence-electron chi connectivity index (χ1n) is 9.06. The summed E-state index contributed by atoms with van der Waals surface area (Å²) in [4.78, 5) is 24.4. The zero-order chi connectivity index (χ0) is 20.7. The van der Waals surface area contributed by atoms with Crippen LogP contribution < -0.4 is 10.9 Å². The predicted octanol–water partition coefficient (Wildman–Crippen LogP) is 3.77. The van der Waals surface area contributed by atoms with Crippen molar-refractivity contribution in [3.05, 3.63) is 70.4 Å². The molecule has 0 radical (unpaired) electrons. The number of rotatable bonds is 4. The average Bonchev–Trinajstić information content (AvgIpc) is 3.28. The van der Waals surface area contributed by atoms with Crippen LogP contribution in [0.5, 0.6) is 0 Å². The van der Waals surface area contributed by atoms with Crippen LogP contribution in [-0.2, 0) is 14.1 Å². The van der Waals surface area contributed by atoms with E-state index in [1.54, 1.807) is 37.4 Å². The Morgan fingerprint density at radius 2 is 1.93 bits per heavy atom. The van der Waals surface area contributed by atoms with Gasteiger partial charge in [0.1, 0.15) is 16.7 Å². The lowest BCUT2D eigenvalue weighted by Gasteiger charge is -2.14. The van der Waals surface area contributed by atoms with Gasteiger partial charge in [0, 0.05) is 38.0 Å². The van der Waals surface area contributed by atoms with Crippen molar-refractivity contribution in [2.45, 2.75) is 12.8 Å². The number of nitrogens with zero attached hydrogens (tertiary/aromatic N) is 3. The van der Waals surface area contributed by atoms with Crippen molar-refractivity contribution in [3.63, 3.8) is 0 Å². The highest BCUT2D eigenvalue weighted by molar-refractivity contribution is 6.05. The molecule has 1 amide bonds. The minimum absolute atomic E-state index is 0.0731. The molecule has 0 bridgehead atoms. The fraction of sp³-hybridized carbons (Fsp3) is 0.190. The van der Waals surface area contributed by atoms with Gasteiger partial charge in [-0.05, 0) is 5.56 Å². The molecule has 0 fully saturated rings. The van der Waals surface area contributed by atoms with Gasteiger partial charge in [-0.15, -0.1) is 0 Å². The van der Waals surface area contributed by atoms with Crippen molar-refractivity contribution < 1.29 is 14.3 Å². The van der Waals surface area contributed by atoms with Gasteiger partial charge >= 0.3 is 6.09 Å². The molecule has 148 valence electrons. The van der Waals surface area contributed by atoms with Crippen LogP contribution in [-0.4, -0.2) is 25.5 Å². The Labute approximate surface area is 166 Å². The van der Waals surface area contributed by atoms with Crippen molar-refractivity contribution >= 4 is 22.7 Å². The Bertz CT molecular complexity index is 1270. The molecule has 29 heavy (non-hydrogen) atoms. The van der Waals surface area contributed by atoms with Crippen LogP contribution in [0.4, 0.5) is 10.5 Å². The second-order valence-corrected chi connectivity index (χ2v) is 6.98. The predicted molar refractivity (Wildman–Crippen MR) is 109 cm³/mol. The normalized spacial score (nSPS) is 12.2. The number of amides is 1. The van der Waals surface area contributed by atoms with Crippen LogP contribution in [0.2, 0.25) is 0 Å². The molecule has 1 aromatic carbocycles. The average molecular weight is 392 g/mol. The number of hydrogen-bond donors (Lipinski definition) is 2. The zero-order valence-electron chi connectivity index (χ0n) is 16.2. The first-order valence-corrected chi connectivity index (χ1v) is 9.06. The Morgan fingerprint density at radius 1 is 1.21 bits per heavy atom. The number of nitrogens with one attached hydrogen (secondary N) is 1. The molecule has 4 aromatic rings. The molecule has 0 aliphatic rings. The number of pyridine rings is 1. The SMILES string of the molecule is CC(c1ccccc1)c1cn(C)c(=O)c2c(NC(=O)O)c(-c3cnn(C)c3)oc12. The van der Waals surface area contributed by atoms with Crippen LogP contribution in [0.15, 0.2) is 58.1 Å². The molecule has 0 aliphatic carbocycles. The van der Waals surface area contributed by atoms with Gasteiger partial charge in [0.2, 0.25) is 0 Å². The summed E-state index contributed by atoms with van der Waals surface area (Å²) in [6, 6.07) is 9.85. The van der Waals surface area contributed by atoms with E-state index in [1.807, 2.05) is 37.3 Å². The number of aromatic nitrogens is 3. The van der Waals surface area contributed by atoms with E-state index in [9.17, 15) is 14.7 Å². The summed E-state index contributed by atoms with van der Waals surface area (Å²) in [5, 5.41) is 16.0. The first kappa shape index (κ1) is 18.5. The smallest absolute Gasteiger partial charge is 0.409 e. The van der Waals surface area contributed by atoms with E-state index in [1.165, 1.54) is 4.57 Å². The molecular formula is C21H20N4O4. The van der Waals surface area contributed by atoms with Crippen molar-refractivity contribution in [3.8, 4) is 11.3 Å². The van der Waals surface area contributed by atoms with E-state index in [0.29, 0.717) is 11.1 Å². The van der Waals surface area contributed by atoms with Gasteiger partial charge in [-0.25, -0.2) is 4.79 Å². The highest BCUT2D eigenvalue weighted by Crippen LogP contribution is 2.40. The number of furan rings is 1. The van der Waals surface area contributed by atoms with Gasteiger partial charge in [-0.2, -0.15) is 5.10 Å². The summed E-state index contributed by atoms with van der Waals surface area (Å²) in [5.41, 5.74) is 2.58. The van der Waals surface area contributed by atoms with Gasteiger partial charge in [0.05, 0.1) is 11.8 Å². The minimum atomic E-state index is -1.28. The summed E-state index contributed by atoms with van der Waals surface area (Å²) in [6.45, 7) is 2.02. The van der Waals surface area contributed by atoms with E-state index >= 15 is 0 Å². The van der Waals surface area contributed by atoms with Gasteiger partial charge in [0.15, 0.2) is 5.76 Å². The Balaban J connectivity index is 2.04. The third kappa shape index (κ3) is 3.18. The van der Waals surface area contributed by atoms with E-state index < -0.39 is 6.09 Å². The van der Waals surface area contributed by atoms with Crippen molar-refractivity contribution in [1.82, 2.24) is 14.3 Å². The van der Waals surface area contributed by atoms with E-state index in [2.05, 4.69) is 10.4 Å². The molecule has 0 saturated carbocycles. The Kier molecular flexibility index (Phi) is 4.46. The lowest BCUT2D eigenvalue weighted by molar-refractivity contribution is 0.210. The maximum absolute atomic E-state index is 12.9. The second kappa shape index (κ2) is 6.97. The molecule has 3 aromatic heterocycles. The molecule has 0 saturated heterocycles. The molecule has 3 heterocycles. The summed E-state index contributed by atoms with van der Waals surface area (Å²) < 4.78 is 9.15. The van der Waals surface area contributed by atoms with Gasteiger partial charge in [-0.3, -0.25) is 14.8 Å². The summed E-state index contributed by atoms with van der Waals surface area (Å²) in [6.07, 6.45) is 3.73. The quantitative estimate of drug-likeness (QED) is 0.550. The zero-order valence-corrected chi connectivity index (χ0v) is 16.2. The van der Waals surface area contributed by atoms with Gasteiger partial charge in [-0.1, -0.05) is 37.3 Å². The van der Waals surface area contributed by atoms with Crippen LogP contribution in [0.25, 0.3) is 22.3 Å². The number of aryl methyl sites for hydroxylation is 2. The maximum atomic E-state index is 12.9. The maximum Gasteiger partial charge on any atom is 0.409 e. The highest BCUT2D eigenvalue weighted by Gasteiger charge is 2.26. The number of benzene rings is 1. The largest absolute Gasteiger partial charge is 0.465 e. The summed E-state index contributed by atoms with van der Waals surface area (Å²) in [5.74, 6) is 0.191. The second-order valence-electron chi connectivity index (χ2n) is 6.98. The lowest BCUT2D eigenvalue weighted by atomic mass is 9.93. The molecule has 0 aliphatic heterocycles. The van der Waals surface area contributed by atoms with Crippen LogP contribution in [0.3, 0.4) is 0 Å². The van der Waals surface area contributed by atoms with E-state index in [-0.39, 0.29) is 28.3 Å². The fourth-order valence-electron chi connectivity index (χ4n) is 3.54. The van der Waals surface area contributed by atoms with Crippen LogP contribution >= 0.6 is 0 Å². The van der Waals surface area contributed by atoms with Gasteiger partial charge < -0.3 is 14.1 Å². The Hall–Kier alpha value is -3.81. The molecule has 1 unspecified atom stereocenters. The molecule has 8 nitrogen and oxygen atoms in total. The number of carbonyl (C=O) groups is 1. The monoisotopic (exact) mass is 392 g/mol. The third-order valence-corrected chi connectivity index (χ3v) is 5.00. The highest BCUT2D eigenvalue weighted by atomic mass is 16.4. The van der Waals surface area contributed by atoms with Crippen molar-refractivity contribution in [1.29, 1.82) is 0 Å². The third-order valence-electron chi connectivity index (χ3n) is 5.00. The molecule has 0 spiro atoms. The number of fused-ring (bicyclic) bond motifs is 1. The first-order chi connectivity index (χ1) is 13.9. The Morgan fingerprint density at radius 3 is 2.55 bits per heavy atom. The number of hydrogen-bond acceptors (Lipinski definition) is 4. The number of anilines is 1. The lowest BCUT2D eigenvalue weighted by Crippen LogP contribution is -2.19. The molecule has 4 rings (SSSR count). The molecule has 1 atom stereocenters. The number of carboxylic acid groups (broad SMARTS) is 1. The summed E-state index contributed by atoms with van der Waals surface area (Å²) in [7, 11) is 3.39. The molecule has 2 N–H and O–H groups in total. The fourth-order valence-corrected chi connectivity index (χ4v) is 3.54. The minimum Gasteiger partial charge on any atom is -0.465 e. The van der Waals surface area contributed by atoms with E-state index in [0.717, 1.165) is 11.1 Å². The van der Waals surface area contributed by atoms with Crippen molar-refractivity contribution in [2.24, 2.45) is 14.1 Å². The topological polar surface area (TPSA) is 102 Å². The van der Waals surface area contributed by atoms with Crippen LogP contribution in [0, 0.1) is 0 Å².